The maximum atomic E-state index is 10.2. The van der Waals surface area contributed by atoms with Crippen LogP contribution in [0.1, 0.15) is 27.2 Å². The Bertz CT molecular complexity index is 378. The predicted octanol–water partition coefficient (Wildman–Crippen LogP) is 3.13. The third-order valence-electron chi connectivity index (χ3n) is 2.50. The lowest BCUT2D eigenvalue weighted by Crippen LogP contribution is -2.34. The fraction of sp³-hybridized carbons (Fsp3) is 0.538. The Balaban J connectivity index is 2.61. The first kappa shape index (κ1) is 14.1. The number of nitrogen functional groups attached to an aromatic ring is 1. The zero-order valence-corrected chi connectivity index (χ0v) is 11.4. The molecule has 4 heteroatoms. The van der Waals surface area contributed by atoms with Crippen LogP contribution in [0.4, 0.5) is 11.4 Å². The van der Waals surface area contributed by atoms with Crippen molar-refractivity contribution < 1.29 is 5.11 Å². The van der Waals surface area contributed by atoms with Crippen molar-refractivity contribution in [3.8, 4) is 0 Å². The Morgan fingerprint density at radius 3 is 2.65 bits per heavy atom. The van der Waals surface area contributed by atoms with Crippen molar-refractivity contribution in [2.24, 2.45) is 5.92 Å². The molecule has 17 heavy (non-hydrogen) atoms. The van der Waals surface area contributed by atoms with Crippen molar-refractivity contribution in [1.29, 1.82) is 0 Å². The van der Waals surface area contributed by atoms with Crippen LogP contribution in [0, 0.1) is 5.92 Å². The standard InChI is InChI=1S/C13H21ClN2O/c1-9(2)7-13(3,17)8-16-12-5-4-10(15)6-11(12)14/h4-6,9,16-17H,7-8,15H2,1-3H3. The Hall–Kier alpha value is -0.930. The van der Waals surface area contributed by atoms with Crippen LogP contribution in [0.15, 0.2) is 18.2 Å². The first-order valence-electron chi connectivity index (χ1n) is 5.81. The molecule has 0 saturated carbocycles. The minimum atomic E-state index is -0.737. The molecule has 1 rings (SSSR count). The molecule has 3 nitrogen and oxygen atoms in total. The smallest absolute Gasteiger partial charge is 0.0793 e. The Labute approximate surface area is 108 Å². The SMILES string of the molecule is CC(C)CC(C)(O)CNc1ccc(N)cc1Cl. The van der Waals surface area contributed by atoms with Crippen LogP contribution >= 0.6 is 11.6 Å². The Kier molecular flexibility index (Phi) is 4.66. The topological polar surface area (TPSA) is 58.3 Å². The molecule has 0 aromatic heterocycles. The molecular formula is C13H21ClN2O. The fourth-order valence-corrected chi connectivity index (χ4v) is 2.17. The lowest BCUT2D eigenvalue weighted by Gasteiger charge is -2.26. The molecule has 0 aliphatic carbocycles. The molecule has 0 fully saturated rings. The van der Waals surface area contributed by atoms with Gasteiger partial charge in [-0.05, 0) is 37.5 Å². The van der Waals surface area contributed by atoms with Gasteiger partial charge in [-0.3, -0.25) is 0 Å². The summed E-state index contributed by atoms with van der Waals surface area (Å²) in [5, 5.41) is 13.9. The summed E-state index contributed by atoms with van der Waals surface area (Å²) in [5.74, 6) is 0.452. The number of benzene rings is 1. The zero-order chi connectivity index (χ0) is 13.1. The van der Waals surface area contributed by atoms with Gasteiger partial charge in [0.05, 0.1) is 16.3 Å². The van der Waals surface area contributed by atoms with Crippen molar-refractivity contribution in [1.82, 2.24) is 0 Å². The third kappa shape index (κ3) is 4.84. The molecule has 1 unspecified atom stereocenters. The van der Waals surface area contributed by atoms with Crippen molar-refractivity contribution in [3.05, 3.63) is 23.2 Å². The summed E-state index contributed by atoms with van der Waals surface area (Å²) in [4.78, 5) is 0. The molecule has 0 amide bonds. The van der Waals surface area contributed by atoms with E-state index in [1.165, 1.54) is 0 Å². The van der Waals surface area contributed by atoms with Crippen molar-refractivity contribution in [2.45, 2.75) is 32.8 Å². The van der Waals surface area contributed by atoms with Gasteiger partial charge in [0, 0.05) is 12.2 Å². The monoisotopic (exact) mass is 256 g/mol. The van der Waals surface area contributed by atoms with E-state index in [4.69, 9.17) is 17.3 Å². The maximum Gasteiger partial charge on any atom is 0.0793 e. The zero-order valence-electron chi connectivity index (χ0n) is 10.6. The number of nitrogens with two attached hydrogens (primary N) is 1. The van der Waals surface area contributed by atoms with E-state index in [0.717, 1.165) is 12.1 Å². The highest BCUT2D eigenvalue weighted by Crippen LogP contribution is 2.25. The minimum Gasteiger partial charge on any atom is -0.399 e. The molecule has 4 N–H and O–H groups in total. The number of halogens is 1. The van der Waals surface area contributed by atoms with Gasteiger partial charge < -0.3 is 16.2 Å². The van der Waals surface area contributed by atoms with Gasteiger partial charge in [0.1, 0.15) is 0 Å². The van der Waals surface area contributed by atoms with Gasteiger partial charge >= 0.3 is 0 Å². The number of hydrogen-bond donors (Lipinski definition) is 3. The molecule has 0 heterocycles. The number of aliphatic hydroxyl groups is 1. The van der Waals surface area contributed by atoms with E-state index in [9.17, 15) is 5.11 Å². The average molecular weight is 257 g/mol. The molecule has 0 aliphatic heterocycles. The third-order valence-corrected chi connectivity index (χ3v) is 2.81. The van der Waals surface area contributed by atoms with Gasteiger partial charge in [-0.2, -0.15) is 0 Å². The highest BCUT2D eigenvalue weighted by Gasteiger charge is 2.21. The number of hydrogen-bond acceptors (Lipinski definition) is 3. The van der Waals surface area contributed by atoms with E-state index >= 15 is 0 Å². The van der Waals surface area contributed by atoms with E-state index in [1.54, 1.807) is 12.1 Å². The molecular weight excluding hydrogens is 236 g/mol. The summed E-state index contributed by atoms with van der Waals surface area (Å²) >= 11 is 6.04. The van der Waals surface area contributed by atoms with Gasteiger partial charge in [0.2, 0.25) is 0 Å². The van der Waals surface area contributed by atoms with E-state index in [-0.39, 0.29) is 0 Å². The summed E-state index contributed by atoms with van der Waals surface area (Å²) in [5.41, 5.74) is 6.31. The highest BCUT2D eigenvalue weighted by atomic mass is 35.5. The van der Waals surface area contributed by atoms with Crippen molar-refractivity contribution in [3.63, 3.8) is 0 Å². The summed E-state index contributed by atoms with van der Waals surface area (Å²) in [6, 6.07) is 5.30. The molecule has 0 bridgehead atoms. The molecule has 1 atom stereocenters. The van der Waals surface area contributed by atoms with E-state index in [1.807, 2.05) is 13.0 Å². The van der Waals surface area contributed by atoms with Crippen LogP contribution in [0.3, 0.4) is 0 Å². The molecule has 0 radical (unpaired) electrons. The average Bonchev–Trinajstić information content (AvgIpc) is 2.14. The van der Waals surface area contributed by atoms with Gasteiger partial charge in [-0.25, -0.2) is 0 Å². The number of nitrogens with one attached hydrogen (secondary N) is 1. The maximum absolute atomic E-state index is 10.2. The van der Waals surface area contributed by atoms with Crippen LogP contribution < -0.4 is 11.1 Å². The van der Waals surface area contributed by atoms with Crippen molar-refractivity contribution in [2.75, 3.05) is 17.6 Å². The molecule has 96 valence electrons. The molecule has 1 aromatic rings. The molecule has 0 aliphatic rings. The van der Waals surface area contributed by atoms with E-state index < -0.39 is 5.60 Å². The first-order chi connectivity index (χ1) is 7.80. The summed E-state index contributed by atoms with van der Waals surface area (Å²) in [6.45, 7) is 6.47. The van der Waals surface area contributed by atoms with Crippen LogP contribution in [-0.2, 0) is 0 Å². The van der Waals surface area contributed by atoms with E-state index in [2.05, 4.69) is 19.2 Å². The lowest BCUT2D eigenvalue weighted by molar-refractivity contribution is 0.0515. The normalized spacial score (nSPS) is 14.7. The summed E-state index contributed by atoms with van der Waals surface area (Å²) in [6.07, 6.45) is 0.743. The fourth-order valence-electron chi connectivity index (χ4n) is 1.91. The van der Waals surface area contributed by atoms with Crippen molar-refractivity contribution >= 4 is 23.0 Å². The number of anilines is 2. The van der Waals surface area contributed by atoms with Crippen LogP contribution in [0.5, 0.6) is 0 Å². The second-order valence-corrected chi connectivity index (χ2v) is 5.59. The van der Waals surface area contributed by atoms with Crippen LogP contribution in [0.2, 0.25) is 5.02 Å². The quantitative estimate of drug-likeness (QED) is 0.710. The minimum absolute atomic E-state index is 0.452. The second kappa shape index (κ2) is 5.61. The van der Waals surface area contributed by atoms with E-state index in [0.29, 0.717) is 23.2 Å². The lowest BCUT2D eigenvalue weighted by atomic mass is 9.94. The molecule has 0 saturated heterocycles. The van der Waals surface area contributed by atoms with Gasteiger partial charge in [0.25, 0.3) is 0 Å². The van der Waals surface area contributed by atoms with Crippen LogP contribution in [0.25, 0.3) is 0 Å². The number of rotatable bonds is 5. The van der Waals surface area contributed by atoms with Gasteiger partial charge in [0.15, 0.2) is 0 Å². The Morgan fingerprint density at radius 2 is 2.12 bits per heavy atom. The highest BCUT2D eigenvalue weighted by molar-refractivity contribution is 6.33. The summed E-state index contributed by atoms with van der Waals surface area (Å²) < 4.78 is 0. The largest absolute Gasteiger partial charge is 0.399 e. The predicted molar refractivity (Wildman–Crippen MR) is 74.4 cm³/mol. The Morgan fingerprint density at radius 1 is 1.47 bits per heavy atom. The second-order valence-electron chi connectivity index (χ2n) is 5.19. The molecule has 1 aromatic carbocycles. The first-order valence-corrected chi connectivity index (χ1v) is 6.19. The van der Waals surface area contributed by atoms with Crippen LogP contribution in [-0.4, -0.2) is 17.3 Å². The summed E-state index contributed by atoms with van der Waals surface area (Å²) in [7, 11) is 0. The van der Waals surface area contributed by atoms with Gasteiger partial charge in [-0.15, -0.1) is 0 Å². The molecule has 0 spiro atoms. The van der Waals surface area contributed by atoms with Gasteiger partial charge in [-0.1, -0.05) is 25.4 Å².